The van der Waals surface area contributed by atoms with Crippen molar-refractivity contribution in [1.29, 1.82) is 0 Å². The van der Waals surface area contributed by atoms with Crippen molar-refractivity contribution in [3.05, 3.63) is 58.5 Å². The van der Waals surface area contributed by atoms with E-state index in [0.29, 0.717) is 35.9 Å². The summed E-state index contributed by atoms with van der Waals surface area (Å²) in [5, 5.41) is 3.83. The van der Waals surface area contributed by atoms with Crippen molar-refractivity contribution >= 4 is 28.7 Å². The zero-order valence-corrected chi connectivity index (χ0v) is 18.2. The Hall–Kier alpha value is -2.87. The number of hydrogen-bond acceptors (Lipinski definition) is 6. The summed E-state index contributed by atoms with van der Waals surface area (Å²) >= 11 is 1.24. The van der Waals surface area contributed by atoms with Crippen LogP contribution < -0.4 is 15.6 Å². The number of benzene rings is 1. The number of aromatic nitrogens is 3. The number of ether oxygens (including phenoxy) is 1. The van der Waals surface area contributed by atoms with E-state index in [9.17, 15) is 9.59 Å². The third-order valence-electron chi connectivity index (χ3n) is 4.26. The number of nitrogens with zero attached hydrogens (tertiary/aromatic N) is 3. The predicted molar refractivity (Wildman–Crippen MR) is 119 cm³/mol. The van der Waals surface area contributed by atoms with Crippen LogP contribution in [0, 0.1) is 12.8 Å². The second-order valence-electron chi connectivity index (χ2n) is 7.38. The van der Waals surface area contributed by atoms with Crippen molar-refractivity contribution in [1.82, 2.24) is 19.9 Å². The molecule has 2 aromatic heterocycles. The Labute approximate surface area is 179 Å². The lowest BCUT2D eigenvalue weighted by Crippen LogP contribution is -2.30. The zero-order valence-electron chi connectivity index (χ0n) is 17.4. The Bertz CT molecular complexity index is 1080. The lowest BCUT2D eigenvalue weighted by atomic mass is 10.2. The van der Waals surface area contributed by atoms with E-state index in [4.69, 9.17) is 4.74 Å². The molecule has 0 atom stereocenters. The maximum absolute atomic E-state index is 12.9. The van der Waals surface area contributed by atoms with Crippen LogP contribution in [0.5, 0.6) is 5.75 Å². The van der Waals surface area contributed by atoms with Gasteiger partial charge in [0.1, 0.15) is 12.4 Å². The van der Waals surface area contributed by atoms with Crippen LogP contribution in [-0.2, 0) is 11.3 Å². The number of rotatable bonds is 9. The van der Waals surface area contributed by atoms with Crippen molar-refractivity contribution in [3.63, 3.8) is 0 Å². The van der Waals surface area contributed by atoms with Crippen molar-refractivity contribution in [2.75, 3.05) is 18.9 Å². The largest absolute Gasteiger partial charge is 0.492 e. The lowest BCUT2D eigenvalue weighted by molar-refractivity contribution is -0.118. The average Bonchev–Trinajstić information content (AvgIpc) is 2.72. The van der Waals surface area contributed by atoms with E-state index in [0.717, 1.165) is 11.3 Å². The first-order chi connectivity index (χ1) is 14.4. The van der Waals surface area contributed by atoms with Crippen LogP contribution in [-0.4, -0.2) is 39.3 Å². The molecule has 0 aliphatic heterocycles. The molecule has 8 heteroatoms. The summed E-state index contributed by atoms with van der Waals surface area (Å²) in [6.45, 7) is 7.39. The summed E-state index contributed by atoms with van der Waals surface area (Å²) in [7, 11) is 0. The highest BCUT2D eigenvalue weighted by Crippen LogP contribution is 2.18. The fourth-order valence-electron chi connectivity index (χ4n) is 2.92. The Kier molecular flexibility index (Phi) is 7.46. The molecule has 0 radical (unpaired) electrons. The quantitative estimate of drug-likeness (QED) is 0.322. The van der Waals surface area contributed by atoms with Gasteiger partial charge in [0.15, 0.2) is 10.8 Å². The average molecular weight is 427 g/mol. The number of carbonyl (C=O) groups excluding carboxylic acids is 1. The molecule has 158 valence electrons. The van der Waals surface area contributed by atoms with Gasteiger partial charge in [-0.1, -0.05) is 37.7 Å². The van der Waals surface area contributed by atoms with Gasteiger partial charge in [-0.15, -0.1) is 0 Å². The second kappa shape index (κ2) is 10.2. The molecule has 0 aliphatic rings. The molecule has 0 fully saturated rings. The fraction of sp³-hybridized carbons (Fsp3) is 0.364. The molecule has 0 unspecified atom stereocenters. The Morgan fingerprint density at radius 2 is 2.10 bits per heavy atom. The number of aryl methyl sites for hydroxylation is 1. The third-order valence-corrected chi connectivity index (χ3v) is 5.23. The predicted octanol–water partition coefficient (Wildman–Crippen LogP) is 3.04. The van der Waals surface area contributed by atoms with Gasteiger partial charge in [-0.25, -0.2) is 9.97 Å². The van der Waals surface area contributed by atoms with Gasteiger partial charge in [-0.05, 0) is 42.7 Å². The highest BCUT2D eigenvalue weighted by molar-refractivity contribution is 7.99. The number of hydrogen-bond donors (Lipinski definition) is 1. The Morgan fingerprint density at radius 3 is 2.87 bits per heavy atom. The lowest BCUT2D eigenvalue weighted by Gasteiger charge is -2.14. The number of amides is 1. The molecule has 1 aromatic carbocycles. The minimum Gasteiger partial charge on any atom is -0.492 e. The van der Waals surface area contributed by atoms with Crippen LogP contribution in [0.2, 0.25) is 0 Å². The molecular formula is C22H26N4O3S. The first-order valence-corrected chi connectivity index (χ1v) is 10.9. The molecule has 3 rings (SSSR count). The van der Waals surface area contributed by atoms with Gasteiger partial charge >= 0.3 is 0 Å². The fourth-order valence-corrected chi connectivity index (χ4v) is 3.74. The first kappa shape index (κ1) is 21.8. The molecule has 3 aromatic rings. The van der Waals surface area contributed by atoms with E-state index in [-0.39, 0.29) is 23.1 Å². The SMILES string of the molecule is Cc1cccc(OCCNC(=O)CSc2nc3ncccc3c(=O)n2CC(C)C)c1. The van der Waals surface area contributed by atoms with Crippen molar-refractivity contribution in [2.45, 2.75) is 32.5 Å². The summed E-state index contributed by atoms with van der Waals surface area (Å²) in [6.07, 6.45) is 1.61. The maximum atomic E-state index is 12.9. The standard InChI is InChI=1S/C22H26N4O3S/c1-15(2)13-26-21(28)18-8-5-9-24-20(18)25-22(26)30-14-19(27)23-10-11-29-17-7-4-6-16(3)12-17/h4-9,12,15H,10-11,13-14H2,1-3H3,(H,23,27). The molecule has 1 amide bonds. The second-order valence-corrected chi connectivity index (χ2v) is 8.32. The van der Waals surface area contributed by atoms with Gasteiger partial charge in [-0.2, -0.15) is 0 Å². The maximum Gasteiger partial charge on any atom is 0.263 e. The summed E-state index contributed by atoms with van der Waals surface area (Å²) in [4.78, 5) is 33.8. The van der Waals surface area contributed by atoms with Gasteiger partial charge in [0.05, 0.1) is 17.7 Å². The van der Waals surface area contributed by atoms with Crippen LogP contribution in [0.15, 0.2) is 52.5 Å². The molecule has 2 heterocycles. The van der Waals surface area contributed by atoms with Crippen molar-refractivity contribution < 1.29 is 9.53 Å². The van der Waals surface area contributed by atoms with Gasteiger partial charge in [0, 0.05) is 12.7 Å². The van der Waals surface area contributed by atoms with Crippen LogP contribution in [0.3, 0.4) is 0 Å². The van der Waals surface area contributed by atoms with Gasteiger partial charge in [0.2, 0.25) is 5.91 Å². The van der Waals surface area contributed by atoms with Gasteiger partial charge < -0.3 is 10.1 Å². The number of carbonyl (C=O) groups is 1. The molecule has 0 spiro atoms. The molecule has 0 aliphatic carbocycles. The number of nitrogens with one attached hydrogen (secondary N) is 1. The number of pyridine rings is 1. The summed E-state index contributed by atoms with van der Waals surface area (Å²) < 4.78 is 7.27. The van der Waals surface area contributed by atoms with Crippen molar-refractivity contribution in [3.8, 4) is 5.75 Å². The van der Waals surface area contributed by atoms with Crippen molar-refractivity contribution in [2.24, 2.45) is 5.92 Å². The minimum absolute atomic E-state index is 0.128. The molecule has 7 nitrogen and oxygen atoms in total. The topological polar surface area (TPSA) is 86.1 Å². The van der Waals surface area contributed by atoms with E-state index in [2.05, 4.69) is 15.3 Å². The molecule has 1 N–H and O–H groups in total. The highest BCUT2D eigenvalue weighted by Gasteiger charge is 2.14. The first-order valence-electron chi connectivity index (χ1n) is 9.88. The van der Waals surface area contributed by atoms with Crippen LogP contribution in [0.1, 0.15) is 19.4 Å². The highest BCUT2D eigenvalue weighted by atomic mass is 32.2. The smallest absolute Gasteiger partial charge is 0.263 e. The van der Waals surface area contributed by atoms with Crippen LogP contribution in [0.25, 0.3) is 11.0 Å². The van der Waals surface area contributed by atoms with Gasteiger partial charge in [0.25, 0.3) is 5.56 Å². The molecule has 0 saturated carbocycles. The summed E-state index contributed by atoms with van der Waals surface area (Å²) in [5.74, 6) is 1.07. The summed E-state index contributed by atoms with van der Waals surface area (Å²) in [6, 6.07) is 11.2. The zero-order chi connectivity index (χ0) is 21.5. The Morgan fingerprint density at radius 1 is 1.27 bits per heavy atom. The van der Waals surface area contributed by atoms with Gasteiger partial charge in [-0.3, -0.25) is 14.2 Å². The van der Waals surface area contributed by atoms with E-state index in [1.807, 2.05) is 45.0 Å². The normalized spacial score (nSPS) is 11.1. The molecule has 0 saturated heterocycles. The van der Waals surface area contributed by atoms with E-state index >= 15 is 0 Å². The van der Waals surface area contributed by atoms with E-state index in [1.54, 1.807) is 22.9 Å². The summed E-state index contributed by atoms with van der Waals surface area (Å²) in [5.41, 5.74) is 1.39. The van der Waals surface area contributed by atoms with E-state index < -0.39 is 0 Å². The Balaban J connectivity index is 1.59. The minimum atomic E-state index is -0.140. The third kappa shape index (κ3) is 5.82. The molecular weight excluding hydrogens is 400 g/mol. The number of thioether (sulfide) groups is 1. The monoisotopic (exact) mass is 426 g/mol. The van der Waals surface area contributed by atoms with E-state index in [1.165, 1.54) is 11.8 Å². The number of fused-ring (bicyclic) bond motifs is 1. The van der Waals surface area contributed by atoms with Crippen LogP contribution in [0.4, 0.5) is 0 Å². The van der Waals surface area contributed by atoms with Crippen LogP contribution >= 0.6 is 11.8 Å². The molecule has 30 heavy (non-hydrogen) atoms. The molecule has 0 bridgehead atoms.